The number of fused-ring (bicyclic) bond motifs is 9. The van der Waals surface area contributed by atoms with Crippen molar-refractivity contribution >= 4 is 49.3 Å². The van der Waals surface area contributed by atoms with Crippen molar-refractivity contribution in [2.24, 2.45) is 0 Å². The Hall–Kier alpha value is -4.47. The van der Waals surface area contributed by atoms with Gasteiger partial charge in [0.1, 0.15) is 5.58 Å². The van der Waals surface area contributed by atoms with E-state index in [1.54, 1.807) is 0 Å². The molecular weight excluding hydrogens is 653 g/mol. The maximum absolute atomic E-state index is 6.21. The molecule has 0 aliphatic heterocycles. The molecule has 0 aliphatic rings. The van der Waals surface area contributed by atoms with E-state index < -0.39 is 0 Å². The van der Waals surface area contributed by atoms with E-state index >= 15 is 0 Å². The van der Waals surface area contributed by atoms with Gasteiger partial charge in [-0.15, -0.1) is 24.3 Å². The maximum Gasteiger partial charge on any atom is 2.00 e. The van der Waals surface area contributed by atoms with E-state index in [0.29, 0.717) is 11.6 Å². The largest absolute Gasteiger partial charge is 2.00 e. The summed E-state index contributed by atoms with van der Waals surface area (Å²) in [5.41, 5.74) is 5.08. The van der Waals surface area contributed by atoms with E-state index in [-0.39, 0.29) is 21.1 Å². The Labute approximate surface area is 231 Å². The SMILES string of the molecule is [Pt+2].[c-]1ccc2c(oc3ccccc32)c1-c1cccc(Oc2[c-]c3c(cc2)c2ccccc2n2ccnc32)n1. The molecule has 0 atom stereocenters. The number of benzene rings is 4. The van der Waals surface area contributed by atoms with Crippen LogP contribution in [0.1, 0.15) is 0 Å². The zero-order chi connectivity index (χ0) is 24.3. The number of hydrogen-bond acceptors (Lipinski definition) is 4. The predicted molar refractivity (Wildman–Crippen MR) is 145 cm³/mol. The molecule has 8 rings (SSSR count). The average molecular weight is 671 g/mol. The summed E-state index contributed by atoms with van der Waals surface area (Å²) in [6.45, 7) is 0. The van der Waals surface area contributed by atoms with Gasteiger partial charge in [-0.05, 0) is 29.3 Å². The van der Waals surface area contributed by atoms with E-state index in [1.807, 2.05) is 79.1 Å². The molecule has 0 bridgehead atoms. The van der Waals surface area contributed by atoms with Crippen molar-refractivity contribution in [2.75, 3.05) is 0 Å². The first-order valence-electron chi connectivity index (χ1n) is 12.0. The minimum absolute atomic E-state index is 0. The zero-order valence-corrected chi connectivity index (χ0v) is 22.1. The number of para-hydroxylation sites is 2. The van der Waals surface area contributed by atoms with Crippen molar-refractivity contribution in [1.82, 2.24) is 14.4 Å². The Morgan fingerprint density at radius 1 is 0.789 bits per heavy atom. The standard InChI is InChI=1S/C32H17N3O2.Pt/c1-3-12-28-22(7-1)21-16-15-20(19-26(21)32-33-17-18-35(28)32)36-30-14-6-11-27(34-30)25-10-5-9-24-23-8-2-4-13-29(23)37-31(24)25;/h1-9,11-18H;/q-2;+2. The topological polar surface area (TPSA) is 52.6 Å². The van der Waals surface area contributed by atoms with Crippen LogP contribution in [-0.2, 0) is 21.1 Å². The Morgan fingerprint density at radius 3 is 2.61 bits per heavy atom. The van der Waals surface area contributed by atoms with Gasteiger partial charge in [0.05, 0.1) is 11.2 Å². The number of rotatable bonds is 3. The molecule has 0 fully saturated rings. The molecule has 8 aromatic rings. The van der Waals surface area contributed by atoms with Crippen LogP contribution < -0.4 is 4.74 Å². The van der Waals surface area contributed by atoms with Crippen LogP contribution in [0, 0.1) is 12.1 Å². The molecule has 0 radical (unpaired) electrons. The number of ether oxygens (including phenoxy) is 1. The normalized spacial score (nSPS) is 11.5. The molecule has 4 heterocycles. The summed E-state index contributed by atoms with van der Waals surface area (Å²) in [7, 11) is 0. The molecule has 0 unspecified atom stereocenters. The second-order valence-electron chi connectivity index (χ2n) is 8.91. The minimum Gasteiger partial charge on any atom is -0.501 e. The van der Waals surface area contributed by atoms with Crippen LogP contribution >= 0.6 is 0 Å². The van der Waals surface area contributed by atoms with Crippen LogP contribution in [0.15, 0.2) is 108 Å². The molecule has 6 heteroatoms. The Morgan fingerprint density at radius 2 is 1.66 bits per heavy atom. The fourth-order valence-corrected chi connectivity index (χ4v) is 5.13. The summed E-state index contributed by atoms with van der Waals surface area (Å²) >= 11 is 0. The van der Waals surface area contributed by atoms with Crippen molar-refractivity contribution in [1.29, 1.82) is 0 Å². The molecule has 0 saturated heterocycles. The van der Waals surface area contributed by atoms with Crippen LogP contribution in [0.3, 0.4) is 0 Å². The van der Waals surface area contributed by atoms with Gasteiger partial charge < -0.3 is 13.6 Å². The molecule has 0 amide bonds. The molecule has 4 aromatic carbocycles. The summed E-state index contributed by atoms with van der Waals surface area (Å²) in [6, 6.07) is 36.7. The summed E-state index contributed by atoms with van der Waals surface area (Å²) in [5, 5.41) is 5.23. The first kappa shape index (κ1) is 22.7. The van der Waals surface area contributed by atoms with Crippen LogP contribution in [-0.4, -0.2) is 14.4 Å². The summed E-state index contributed by atoms with van der Waals surface area (Å²) in [5.74, 6) is 1.04. The van der Waals surface area contributed by atoms with E-state index in [2.05, 4.69) is 45.8 Å². The fourth-order valence-electron chi connectivity index (χ4n) is 5.13. The van der Waals surface area contributed by atoms with Gasteiger partial charge in [-0.25, -0.2) is 0 Å². The van der Waals surface area contributed by atoms with Gasteiger partial charge in [-0.2, -0.15) is 0 Å². The Kier molecular flexibility index (Phi) is 5.27. The third-order valence-corrected chi connectivity index (χ3v) is 6.77. The molecule has 0 N–H and O–H groups in total. The quantitative estimate of drug-likeness (QED) is 0.141. The fraction of sp³-hybridized carbons (Fsp3) is 0. The van der Waals surface area contributed by atoms with Crippen molar-refractivity contribution in [3.8, 4) is 22.9 Å². The molecule has 4 aromatic heterocycles. The van der Waals surface area contributed by atoms with E-state index in [1.165, 1.54) is 0 Å². The maximum atomic E-state index is 6.21. The van der Waals surface area contributed by atoms with Gasteiger partial charge in [-0.3, -0.25) is 9.97 Å². The molecular formula is C32H17N3O2Pt. The van der Waals surface area contributed by atoms with Gasteiger partial charge in [0.15, 0.2) is 0 Å². The predicted octanol–water partition coefficient (Wildman–Crippen LogP) is 7.99. The van der Waals surface area contributed by atoms with Crippen molar-refractivity contribution in [2.45, 2.75) is 0 Å². The number of hydrogen-bond donors (Lipinski definition) is 0. The number of imidazole rings is 1. The molecule has 5 nitrogen and oxygen atoms in total. The zero-order valence-electron chi connectivity index (χ0n) is 19.8. The van der Waals surface area contributed by atoms with Gasteiger partial charge in [0, 0.05) is 29.0 Å². The van der Waals surface area contributed by atoms with Crippen LogP contribution in [0.4, 0.5) is 0 Å². The summed E-state index contributed by atoms with van der Waals surface area (Å²) in [4.78, 5) is 9.38. The Bertz CT molecular complexity index is 2140. The first-order valence-corrected chi connectivity index (χ1v) is 12.0. The third-order valence-electron chi connectivity index (χ3n) is 6.77. The van der Waals surface area contributed by atoms with Crippen LogP contribution in [0.25, 0.3) is 60.5 Å². The van der Waals surface area contributed by atoms with Crippen LogP contribution in [0.2, 0.25) is 0 Å². The van der Waals surface area contributed by atoms with E-state index in [0.717, 1.165) is 60.5 Å². The molecule has 0 saturated carbocycles. The van der Waals surface area contributed by atoms with E-state index in [9.17, 15) is 0 Å². The number of pyridine rings is 2. The van der Waals surface area contributed by atoms with Crippen molar-refractivity contribution in [3.05, 3.63) is 116 Å². The average Bonchev–Trinajstić information content (AvgIpc) is 3.59. The monoisotopic (exact) mass is 670 g/mol. The third kappa shape index (κ3) is 3.43. The molecule has 38 heavy (non-hydrogen) atoms. The van der Waals surface area contributed by atoms with Crippen molar-refractivity contribution in [3.63, 3.8) is 0 Å². The van der Waals surface area contributed by atoms with Gasteiger partial charge in [-0.1, -0.05) is 82.4 Å². The summed E-state index contributed by atoms with van der Waals surface area (Å²) in [6.07, 6.45) is 3.78. The number of furan rings is 1. The molecule has 0 aliphatic carbocycles. The Balaban J connectivity index is 0.00000242. The smallest absolute Gasteiger partial charge is 0.501 e. The van der Waals surface area contributed by atoms with Gasteiger partial charge in [0.2, 0.25) is 5.88 Å². The second kappa shape index (κ2) is 8.83. The minimum atomic E-state index is 0. The van der Waals surface area contributed by atoms with Gasteiger partial charge in [0.25, 0.3) is 0 Å². The van der Waals surface area contributed by atoms with E-state index in [4.69, 9.17) is 14.1 Å². The summed E-state index contributed by atoms with van der Waals surface area (Å²) < 4.78 is 14.5. The van der Waals surface area contributed by atoms with Gasteiger partial charge >= 0.3 is 21.1 Å². The number of aromatic nitrogens is 3. The van der Waals surface area contributed by atoms with Crippen LogP contribution in [0.5, 0.6) is 11.6 Å². The first-order chi connectivity index (χ1) is 18.3. The second-order valence-corrected chi connectivity index (χ2v) is 8.91. The van der Waals surface area contributed by atoms with Crippen molar-refractivity contribution < 1.29 is 30.2 Å². The molecule has 182 valence electrons. The number of nitrogens with zero attached hydrogens (tertiary/aromatic N) is 3. The molecule has 0 spiro atoms.